The number of piperazine rings is 1. The second kappa shape index (κ2) is 8.07. The van der Waals surface area contributed by atoms with Crippen molar-refractivity contribution in [2.24, 2.45) is 12.0 Å². The van der Waals surface area contributed by atoms with Crippen LogP contribution in [0.15, 0.2) is 35.7 Å². The summed E-state index contributed by atoms with van der Waals surface area (Å²) in [6.07, 6.45) is 5.37. The number of nitrogens with one attached hydrogen (secondary N) is 1. The molecule has 3 rings (SSSR count). The number of aryl methyl sites for hydroxylation is 1. The molecule has 0 radical (unpaired) electrons. The van der Waals surface area contributed by atoms with Crippen LogP contribution in [0.25, 0.3) is 0 Å². The summed E-state index contributed by atoms with van der Waals surface area (Å²) < 4.78 is 1.70. The normalized spacial score (nSPS) is 15.3. The van der Waals surface area contributed by atoms with E-state index in [2.05, 4.69) is 20.4 Å². The van der Waals surface area contributed by atoms with Crippen molar-refractivity contribution in [1.82, 2.24) is 25.0 Å². The van der Waals surface area contributed by atoms with Crippen molar-refractivity contribution >= 4 is 23.4 Å². The molecule has 9 nitrogen and oxygen atoms in total. The largest absolute Gasteiger partial charge is 0.363 e. The molecule has 0 bridgehead atoms. The monoisotopic (exact) mass is 370 g/mol. The van der Waals surface area contributed by atoms with E-state index in [-0.39, 0.29) is 12.5 Å². The van der Waals surface area contributed by atoms with Gasteiger partial charge in [-0.3, -0.25) is 14.5 Å². The highest BCUT2D eigenvalue weighted by molar-refractivity contribution is 5.98. The molecule has 0 aliphatic carbocycles. The number of hydrogen-bond donors (Lipinski definition) is 1. The molecule has 3 heterocycles. The van der Waals surface area contributed by atoms with Crippen LogP contribution in [0.3, 0.4) is 0 Å². The van der Waals surface area contributed by atoms with Gasteiger partial charge >= 0.3 is 0 Å². The predicted octanol–water partition coefficient (Wildman–Crippen LogP) is 0.305. The number of carbonyl (C=O) groups is 1. The highest BCUT2D eigenvalue weighted by atomic mass is 16.2. The Hall–Kier alpha value is -3.10. The Kier molecular flexibility index (Phi) is 5.58. The van der Waals surface area contributed by atoms with Crippen LogP contribution in [0.4, 0.5) is 11.5 Å². The molecule has 0 unspecified atom stereocenters. The zero-order chi connectivity index (χ0) is 19.4. The molecule has 1 saturated heterocycles. The van der Waals surface area contributed by atoms with Gasteiger partial charge in [-0.15, -0.1) is 0 Å². The Morgan fingerprint density at radius 3 is 2.81 bits per heavy atom. The Morgan fingerprint density at radius 2 is 2.19 bits per heavy atom. The number of nitrogens with zero attached hydrogens (tertiary/aromatic N) is 7. The molecule has 27 heavy (non-hydrogen) atoms. The van der Waals surface area contributed by atoms with Crippen LogP contribution < -0.4 is 15.1 Å². The van der Waals surface area contributed by atoms with Gasteiger partial charge in [0, 0.05) is 60.2 Å². The van der Waals surface area contributed by atoms with Crippen molar-refractivity contribution in [2.45, 2.75) is 6.54 Å². The van der Waals surface area contributed by atoms with Crippen LogP contribution in [0.2, 0.25) is 0 Å². The van der Waals surface area contributed by atoms with Gasteiger partial charge in [0.25, 0.3) is 0 Å². The Balaban J connectivity index is 1.60. The molecule has 9 heteroatoms. The van der Waals surface area contributed by atoms with Crippen LogP contribution in [0.1, 0.15) is 5.56 Å². The maximum absolute atomic E-state index is 12.6. The number of pyridine rings is 1. The maximum atomic E-state index is 12.6. The third-order valence-electron chi connectivity index (χ3n) is 4.45. The van der Waals surface area contributed by atoms with Gasteiger partial charge in [0.2, 0.25) is 5.91 Å². The van der Waals surface area contributed by atoms with E-state index < -0.39 is 0 Å². The summed E-state index contributed by atoms with van der Waals surface area (Å²) in [5.41, 5.74) is 1.94. The van der Waals surface area contributed by atoms with Gasteiger partial charge in [-0.1, -0.05) is 0 Å². The van der Waals surface area contributed by atoms with Gasteiger partial charge < -0.3 is 20.0 Å². The number of aromatic nitrogens is 3. The van der Waals surface area contributed by atoms with Crippen LogP contribution >= 0.6 is 0 Å². The van der Waals surface area contributed by atoms with Gasteiger partial charge in [0.1, 0.15) is 12.4 Å². The van der Waals surface area contributed by atoms with Gasteiger partial charge in [0.15, 0.2) is 5.96 Å². The molecule has 0 spiro atoms. The third-order valence-corrected chi connectivity index (χ3v) is 4.45. The van der Waals surface area contributed by atoms with E-state index in [4.69, 9.17) is 0 Å². The van der Waals surface area contributed by atoms with E-state index in [9.17, 15) is 4.79 Å². The zero-order valence-corrected chi connectivity index (χ0v) is 16.3. The molecule has 1 aliphatic heterocycles. The summed E-state index contributed by atoms with van der Waals surface area (Å²) in [6, 6.07) is 4.00. The maximum Gasteiger partial charge on any atom is 0.246 e. The van der Waals surface area contributed by atoms with Gasteiger partial charge in [0.05, 0.1) is 11.9 Å². The van der Waals surface area contributed by atoms with Crippen LogP contribution in [0, 0.1) is 0 Å². The molecule has 0 aromatic carbocycles. The van der Waals surface area contributed by atoms with Gasteiger partial charge in [-0.25, -0.2) is 4.98 Å². The highest BCUT2D eigenvalue weighted by Crippen LogP contribution is 2.16. The standard InChI is InChI=1S/C18H26N8O/c1-19-18(21-10-14-5-6-20-16(9-14)23(2)3)25-7-8-26(17(27)13-25)15-11-22-24(4)12-15/h5-6,9,11-12H,7-8,10,13H2,1-4H3,(H,19,21). The summed E-state index contributed by atoms with van der Waals surface area (Å²) in [6.45, 7) is 2.21. The van der Waals surface area contributed by atoms with Crippen molar-refractivity contribution < 1.29 is 4.79 Å². The van der Waals surface area contributed by atoms with E-state index in [1.54, 1.807) is 29.0 Å². The first kappa shape index (κ1) is 18.7. The molecular formula is C18H26N8O. The van der Waals surface area contributed by atoms with Crippen LogP contribution in [0.5, 0.6) is 0 Å². The number of amides is 1. The Bertz CT molecular complexity index is 828. The number of hydrogen-bond acceptors (Lipinski definition) is 5. The molecular weight excluding hydrogens is 344 g/mol. The predicted molar refractivity (Wildman–Crippen MR) is 106 cm³/mol. The summed E-state index contributed by atoms with van der Waals surface area (Å²) >= 11 is 0. The number of anilines is 2. The summed E-state index contributed by atoms with van der Waals surface area (Å²) in [4.78, 5) is 27.0. The van der Waals surface area contributed by atoms with E-state index in [1.807, 2.05) is 49.3 Å². The lowest BCUT2D eigenvalue weighted by Gasteiger charge is -2.35. The first-order valence-corrected chi connectivity index (χ1v) is 8.85. The third kappa shape index (κ3) is 4.36. The lowest BCUT2D eigenvalue weighted by molar-refractivity contribution is -0.120. The Morgan fingerprint density at radius 1 is 1.37 bits per heavy atom. The van der Waals surface area contributed by atoms with Crippen molar-refractivity contribution in [1.29, 1.82) is 0 Å². The molecule has 144 valence electrons. The first-order chi connectivity index (χ1) is 13.0. The molecule has 1 N–H and O–H groups in total. The SMILES string of the molecule is CN=C(NCc1ccnc(N(C)C)c1)N1CCN(c2cnn(C)c2)C(=O)C1. The minimum atomic E-state index is 0.0380. The minimum Gasteiger partial charge on any atom is -0.363 e. The van der Waals surface area contributed by atoms with E-state index in [0.29, 0.717) is 19.6 Å². The topological polar surface area (TPSA) is 81.9 Å². The van der Waals surface area contributed by atoms with Gasteiger partial charge in [-0.05, 0) is 17.7 Å². The van der Waals surface area contributed by atoms with Gasteiger partial charge in [-0.2, -0.15) is 5.10 Å². The lowest BCUT2D eigenvalue weighted by Crippen LogP contribution is -2.55. The zero-order valence-electron chi connectivity index (χ0n) is 16.3. The summed E-state index contributed by atoms with van der Waals surface area (Å²) in [5, 5.41) is 7.49. The van der Waals surface area contributed by atoms with E-state index >= 15 is 0 Å². The summed E-state index contributed by atoms with van der Waals surface area (Å²) in [7, 11) is 7.51. The fourth-order valence-electron chi connectivity index (χ4n) is 3.00. The van der Waals surface area contributed by atoms with Crippen LogP contribution in [-0.2, 0) is 18.4 Å². The fourth-order valence-corrected chi connectivity index (χ4v) is 3.00. The molecule has 0 saturated carbocycles. The van der Waals surface area contributed by atoms with Crippen molar-refractivity contribution in [3.05, 3.63) is 36.3 Å². The lowest BCUT2D eigenvalue weighted by atomic mass is 10.2. The van der Waals surface area contributed by atoms with Crippen LogP contribution in [-0.4, -0.2) is 72.3 Å². The quantitative estimate of drug-likeness (QED) is 0.616. The molecule has 1 amide bonds. The number of rotatable bonds is 4. The molecule has 0 atom stereocenters. The number of aliphatic imine (C=N–C) groups is 1. The smallest absolute Gasteiger partial charge is 0.246 e. The molecule has 2 aromatic rings. The summed E-state index contributed by atoms with van der Waals surface area (Å²) in [5.74, 6) is 1.66. The van der Waals surface area contributed by atoms with E-state index in [1.165, 1.54) is 0 Å². The fraction of sp³-hybridized carbons (Fsp3) is 0.444. The average Bonchev–Trinajstić information content (AvgIpc) is 3.08. The molecule has 1 fully saturated rings. The highest BCUT2D eigenvalue weighted by Gasteiger charge is 2.27. The number of carbonyl (C=O) groups excluding carboxylic acids is 1. The second-order valence-electron chi connectivity index (χ2n) is 6.66. The second-order valence-corrected chi connectivity index (χ2v) is 6.66. The minimum absolute atomic E-state index is 0.0380. The first-order valence-electron chi connectivity index (χ1n) is 8.85. The average molecular weight is 370 g/mol. The van der Waals surface area contributed by atoms with Crippen molar-refractivity contribution in [2.75, 3.05) is 50.6 Å². The van der Waals surface area contributed by atoms with Crippen molar-refractivity contribution in [3.63, 3.8) is 0 Å². The van der Waals surface area contributed by atoms with Crippen molar-refractivity contribution in [3.8, 4) is 0 Å². The number of guanidine groups is 1. The molecule has 1 aliphatic rings. The van der Waals surface area contributed by atoms with E-state index in [0.717, 1.165) is 23.0 Å². The Labute approximate surface area is 159 Å². The molecule has 2 aromatic heterocycles.